The molecule has 1 aromatic heterocycles. The molecule has 4 aromatic rings. The number of aromatic nitrogens is 2. The zero-order valence-corrected chi connectivity index (χ0v) is 20.2. The highest BCUT2D eigenvalue weighted by Crippen LogP contribution is 2.30. The van der Waals surface area contributed by atoms with Gasteiger partial charge in [-0.2, -0.15) is 0 Å². The highest BCUT2D eigenvalue weighted by molar-refractivity contribution is 5.37. The van der Waals surface area contributed by atoms with E-state index in [0.29, 0.717) is 24.4 Å². The lowest BCUT2D eigenvalue weighted by atomic mass is 9.97. The first-order valence-electron chi connectivity index (χ1n) is 11.9. The smallest absolute Gasteiger partial charge is 0.259 e. The molecular weight excluding hydrogens is 460 g/mol. The molecule has 184 valence electrons. The molecule has 0 saturated carbocycles. The van der Waals surface area contributed by atoms with Crippen molar-refractivity contribution >= 4 is 0 Å². The van der Waals surface area contributed by atoms with Crippen LogP contribution in [0.1, 0.15) is 39.8 Å². The van der Waals surface area contributed by atoms with E-state index in [2.05, 4.69) is 0 Å². The highest BCUT2D eigenvalue weighted by atomic mass is 19.1. The van der Waals surface area contributed by atoms with E-state index in [1.54, 1.807) is 4.57 Å². The number of benzene rings is 3. The zero-order chi connectivity index (χ0) is 25.2. The quantitative estimate of drug-likeness (QED) is 0.383. The molecular formula is C29H27F2N3O2. The van der Waals surface area contributed by atoms with Gasteiger partial charge in [-0.15, -0.1) is 0 Å². The molecule has 0 N–H and O–H groups in total. The van der Waals surface area contributed by atoms with Crippen molar-refractivity contribution in [3.8, 4) is 5.75 Å². The van der Waals surface area contributed by atoms with E-state index in [1.807, 2.05) is 72.5 Å². The van der Waals surface area contributed by atoms with Crippen molar-refractivity contribution in [1.82, 2.24) is 14.5 Å². The van der Waals surface area contributed by atoms with Gasteiger partial charge in [-0.1, -0.05) is 60.7 Å². The molecule has 3 aromatic carbocycles. The SMILES string of the molecule is COc1c(F)ccc(F)c1CN1CCc2nc(C)n(C(c3ccccc3)c3ccccc3)c(=O)c2C1. The van der Waals surface area contributed by atoms with Gasteiger partial charge in [0.2, 0.25) is 0 Å². The third kappa shape index (κ3) is 4.42. The molecule has 1 aliphatic rings. The minimum atomic E-state index is -0.612. The molecule has 0 unspecified atom stereocenters. The number of nitrogens with zero attached hydrogens (tertiary/aromatic N) is 3. The van der Waals surface area contributed by atoms with Crippen LogP contribution >= 0.6 is 0 Å². The summed E-state index contributed by atoms with van der Waals surface area (Å²) >= 11 is 0. The Morgan fingerprint density at radius 3 is 2.17 bits per heavy atom. The van der Waals surface area contributed by atoms with Crippen molar-refractivity contribution in [1.29, 1.82) is 0 Å². The zero-order valence-electron chi connectivity index (χ0n) is 20.2. The van der Waals surface area contributed by atoms with Crippen LogP contribution in [0.2, 0.25) is 0 Å². The van der Waals surface area contributed by atoms with Crippen LogP contribution < -0.4 is 10.3 Å². The summed E-state index contributed by atoms with van der Waals surface area (Å²) in [6, 6.07) is 21.6. The van der Waals surface area contributed by atoms with Gasteiger partial charge < -0.3 is 4.74 Å². The van der Waals surface area contributed by atoms with Crippen molar-refractivity contribution < 1.29 is 13.5 Å². The molecule has 1 aliphatic heterocycles. The molecule has 5 rings (SSSR count). The lowest BCUT2D eigenvalue weighted by Gasteiger charge is -2.31. The van der Waals surface area contributed by atoms with Gasteiger partial charge >= 0.3 is 0 Å². The standard InChI is InChI=1S/C29H27F2N3O2/c1-19-32-26-15-16-33(17-22-24(30)13-14-25(31)28(22)36-2)18-23(26)29(35)34(19)27(20-9-5-3-6-10-20)21-11-7-4-8-12-21/h3-14,27H,15-18H2,1-2H3. The Balaban J connectivity index is 1.56. The van der Waals surface area contributed by atoms with Crippen molar-refractivity contribution in [2.75, 3.05) is 13.7 Å². The summed E-state index contributed by atoms with van der Waals surface area (Å²) < 4.78 is 35.7. The lowest BCUT2D eigenvalue weighted by Crippen LogP contribution is -2.40. The van der Waals surface area contributed by atoms with E-state index in [0.717, 1.165) is 29.0 Å². The van der Waals surface area contributed by atoms with Gasteiger partial charge in [-0.25, -0.2) is 13.8 Å². The predicted molar refractivity (Wildman–Crippen MR) is 134 cm³/mol. The third-order valence-corrected chi connectivity index (χ3v) is 6.75. The Hall–Kier alpha value is -3.84. The predicted octanol–water partition coefficient (Wildman–Crippen LogP) is 5.03. The summed E-state index contributed by atoms with van der Waals surface area (Å²) in [5, 5.41) is 0. The van der Waals surface area contributed by atoms with Crippen molar-refractivity contribution in [3.05, 3.63) is 129 Å². The second-order valence-corrected chi connectivity index (χ2v) is 8.98. The molecule has 0 radical (unpaired) electrons. The second kappa shape index (κ2) is 10.0. The normalized spacial score (nSPS) is 13.6. The van der Waals surface area contributed by atoms with Crippen LogP contribution in [-0.2, 0) is 19.5 Å². The van der Waals surface area contributed by atoms with Gasteiger partial charge in [0.15, 0.2) is 11.6 Å². The highest BCUT2D eigenvalue weighted by Gasteiger charge is 2.28. The average Bonchev–Trinajstić information content (AvgIpc) is 2.90. The van der Waals surface area contributed by atoms with E-state index >= 15 is 0 Å². The van der Waals surface area contributed by atoms with Crippen LogP contribution in [0.25, 0.3) is 0 Å². The Kier molecular flexibility index (Phi) is 6.65. The summed E-state index contributed by atoms with van der Waals surface area (Å²) in [5.41, 5.74) is 3.33. The number of ether oxygens (including phenoxy) is 1. The summed E-state index contributed by atoms with van der Waals surface area (Å²) in [6.07, 6.45) is 0.548. The number of hydrogen-bond acceptors (Lipinski definition) is 4. The Bertz CT molecular complexity index is 1400. The molecule has 0 atom stereocenters. The molecule has 0 aliphatic carbocycles. The summed E-state index contributed by atoms with van der Waals surface area (Å²) in [6.45, 7) is 2.85. The van der Waals surface area contributed by atoms with Crippen LogP contribution in [0.5, 0.6) is 5.75 Å². The van der Waals surface area contributed by atoms with E-state index in [1.165, 1.54) is 7.11 Å². The summed E-state index contributed by atoms with van der Waals surface area (Å²) in [4.78, 5) is 20.8. The largest absolute Gasteiger partial charge is 0.493 e. The number of aryl methyl sites for hydroxylation is 1. The van der Waals surface area contributed by atoms with E-state index in [4.69, 9.17) is 9.72 Å². The second-order valence-electron chi connectivity index (χ2n) is 8.98. The van der Waals surface area contributed by atoms with Gasteiger partial charge in [0, 0.05) is 31.6 Å². The third-order valence-electron chi connectivity index (χ3n) is 6.75. The molecule has 0 spiro atoms. The number of methoxy groups -OCH3 is 1. The van der Waals surface area contributed by atoms with Gasteiger partial charge in [0.05, 0.1) is 24.4 Å². The maximum Gasteiger partial charge on any atom is 0.259 e. The number of rotatable bonds is 6. The first kappa shape index (κ1) is 23.9. The molecule has 5 nitrogen and oxygen atoms in total. The van der Waals surface area contributed by atoms with Crippen molar-refractivity contribution in [2.45, 2.75) is 32.5 Å². The Morgan fingerprint density at radius 1 is 0.944 bits per heavy atom. The van der Waals surface area contributed by atoms with Crippen LogP contribution in [0, 0.1) is 18.6 Å². The van der Waals surface area contributed by atoms with Crippen LogP contribution in [0.3, 0.4) is 0 Å². The Labute approximate surface area is 208 Å². The fourth-order valence-corrected chi connectivity index (χ4v) is 5.03. The van der Waals surface area contributed by atoms with Crippen LogP contribution in [0.4, 0.5) is 8.78 Å². The van der Waals surface area contributed by atoms with Crippen LogP contribution in [0.15, 0.2) is 77.6 Å². The summed E-state index contributed by atoms with van der Waals surface area (Å²) in [7, 11) is 1.32. The van der Waals surface area contributed by atoms with Crippen LogP contribution in [-0.4, -0.2) is 28.1 Å². The molecule has 0 fully saturated rings. The van der Waals surface area contributed by atoms with E-state index in [-0.39, 0.29) is 36.0 Å². The molecule has 36 heavy (non-hydrogen) atoms. The van der Waals surface area contributed by atoms with Gasteiger partial charge in [0.1, 0.15) is 11.6 Å². The number of hydrogen-bond donors (Lipinski definition) is 0. The molecule has 2 heterocycles. The number of fused-ring (bicyclic) bond motifs is 1. The lowest BCUT2D eigenvalue weighted by molar-refractivity contribution is 0.231. The summed E-state index contributed by atoms with van der Waals surface area (Å²) in [5.74, 6) is -0.609. The molecule has 7 heteroatoms. The Morgan fingerprint density at radius 2 is 1.56 bits per heavy atom. The topological polar surface area (TPSA) is 47.4 Å². The van der Waals surface area contributed by atoms with Gasteiger partial charge in [0.25, 0.3) is 5.56 Å². The molecule has 0 bridgehead atoms. The minimum absolute atomic E-state index is 0.103. The van der Waals surface area contributed by atoms with Crippen molar-refractivity contribution in [2.24, 2.45) is 0 Å². The average molecular weight is 488 g/mol. The maximum atomic E-state index is 14.6. The van der Waals surface area contributed by atoms with Gasteiger partial charge in [-0.05, 0) is 30.2 Å². The fraction of sp³-hybridized carbons (Fsp3) is 0.241. The molecule has 0 saturated heterocycles. The minimum Gasteiger partial charge on any atom is -0.493 e. The number of halogens is 2. The van der Waals surface area contributed by atoms with Gasteiger partial charge in [-0.3, -0.25) is 14.3 Å². The monoisotopic (exact) mass is 487 g/mol. The molecule has 0 amide bonds. The van der Waals surface area contributed by atoms with E-state index in [9.17, 15) is 13.6 Å². The maximum absolute atomic E-state index is 14.6. The van der Waals surface area contributed by atoms with Crippen molar-refractivity contribution in [3.63, 3.8) is 0 Å². The first-order chi connectivity index (χ1) is 17.5. The first-order valence-corrected chi connectivity index (χ1v) is 11.9. The fourth-order valence-electron chi connectivity index (χ4n) is 5.03. The van der Waals surface area contributed by atoms with E-state index < -0.39 is 11.6 Å².